The van der Waals surface area contributed by atoms with Crippen molar-refractivity contribution in [2.24, 2.45) is 5.73 Å². The Labute approximate surface area is 98.6 Å². The normalized spacial score (nSPS) is 9.81. The van der Waals surface area contributed by atoms with Gasteiger partial charge in [-0.3, -0.25) is 9.59 Å². The molecule has 0 bridgehead atoms. The molecular weight excluding hydrogens is 224 g/mol. The van der Waals surface area contributed by atoms with Crippen LogP contribution in [0.1, 0.15) is 5.56 Å². The van der Waals surface area contributed by atoms with E-state index in [2.05, 4.69) is 5.32 Å². The minimum absolute atomic E-state index is 0.128. The van der Waals surface area contributed by atoms with Gasteiger partial charge in [0.1, 0.15) is 0 Å². The quantitative estimate of drug-likeness (QED) is 0.808. The molecule has 0 saturated carbocycles. The number of amides is 2. The van der Waals surface area contributed by atoms with E-state index in [1.165, 1.54) is 11.8 Å². The summed E-state index contributed by atoms with van der Waals surface area (Å²) in [7, 11) is 0. The third-order valence-corrected chi connectivity index (χ3v) is 2.73. The summed E-state index contributed by atoms with van der Waals surface area (Å²) >= 11 is 1.21. The Balaban J connectivity index is 2.37. The van der Waals surface area contributed by atoms with Crippen molar-refractivity contribution in [1.29, 1.82) is 0 Å². The zero-order chi connectivity index (χ0) is 12.0. The van der Waals surface area contributed by atoms with Gasteiger partial charge in [-0.15, -0.1) is 11.8 Å². The maximum Gasteiger partial charge on any atom is 0.234 e. The van der Waals surface area contributed by atoms with E-state index in [0.29, 0.717) is 0 Å². The average Bonchev–Trinajstić information content (AvgIpc) is 2.16. The number of nitrogens with one attached hydrogen (secondary N) is 1. The van der Waals surface area contributed by atoms with Crippen molar-refractivity contribution in [3.8, 4) is 0 Å². The van der Waals surface area contributed by atoms with Crippen LogP contribution < -0.4 is 11.1 Å². The number of carbonyl (C=O) groups is 2. The molecule has 1 rings (SSSR count). The molecule has 4 nitrogen and oxygen atoms in total. The van der Waals surface area contributed by atoms with E-state index >= 15 is 0 Å². The van der Waals surface area contributed by atoms with E-state index in [0.717, 1.165) is 11.3 Å². The highest BCUT2D eigenvalue weighted by atomic mass is 32.2. The van der Waals surface area contributed by atoms with Gasteiger partial charge in [0.05, 0.1) is 11.5 Å². The third-order valence-electron chi connectivity index (χ3n) is 1.78. The molecule has 0 atom stereocenters. The fourth-order valence-corrected chi connectivity index (χ4v) is 1.73. The van der Waals surface area contributed by atoms with Gasteiger partial charge in [0.15, 0.2) is 0 Å². The predicted molar refractivity (Wildman–Crippen MR) is 66.3 cm³/mol. The van der Waals surface area contributed by atoms with Gasteiger partial charge in [-0.25, -0.2) is 0 Å². The van der Waals surface area contributed by atoms with E-state index in [-0.39, 0.29) is 17.4 Å². The number of anilines is 1. The summed E-state index contributed by atoms with van der Waals surface area (Å²) in [6.45, 7) is 1.96. The Bertz CT molecular complexity index is 393. The van der Waals surface area contributed by atoms with Gasteiger partial charge in [-0.1, -0.05) is 12.1 Å². The molecule has 5 heteroatoms. The second-order valence-corrected chi connectivity index (χ2v) is 4.36. The van der Waals surface area contributed by atoms with Crippen molar-refractivity contribution in [2.45, 2.75) is 6.92 Å². The van der Waals surface area contributed by atoms with Gasteiger partial charge in [0.25, 0.3) is 0 Å². The Hall–Kier alpha value is -1.49. The van der Waals surface area contributed by atoms with E-state index in [4.69, 9.17) is 5.73 Å². The number of thioether (sulfide) groups is 1. The molecule has 3 N–H and O–H groups in total. The first-order valence-electron chi connectivity index (χ1n) is 4.80. The van der Waals surface area contributed by atoms with Crippen LogP contribution in [-0.4, -0.2) is 23.3 Å². The minimum Gasteiger partial charge on any atom is -0.369 e. The van der Waals surface area contributed by atoms with Crippen LogP contribution in [0.4, 0.5) is 5.69 Å². The molecule has 16 heavy (non-hydrogen) atoms. The molecule has 2 amide bonds. The van der Waals surface area contributed by atoms with E-state index in [1.807, 2.05) is 31.2 Å². The van der Waals surface area contributed by atoms with Crippen LogP contribution in [0.3, 0.4) is 0 Å². The highest BCUT2D eigenvalue weighted by Gasteiger charge is 2.03. The van der Waals surface area contributed by atoms with Gasteiger partial charge < -0.3 is 11.1 Å². The number of hydrogen-bond donors (Lipinski definition) is 2. The first-order chi connectivity index (χ1) is 7.58. The molecule has 0 unspecified atom stereocenters. The highest BCUT2D eigenvalue weighted by Crippen LogP contribution is 2.10. The first-order valence-corrected chi connectivity index (χ1v) is 5.96. The van der Waals surface area contributed by atoms with Gasteiger partial charge in [0.2, 0.25) is 11.8 Å². The molecule has 86 valence electrons. The SMILES string of the molecule is Cc1cccc(NC(=O)CSCC(N)=O)c1. The molecular formula is C11H14N2O2S. The first kappa shape index (κ1) is 12.6. The zero-order valence-electron chi connectivity index (χ0n) is 9.03. The van der Waals surface area contributed by atoms with Crippen LogP contribution >= 0.6 is 11.8 Å². The molecule has 1 aromatic rings. The molecule has 0 heterocycles. The average molecular weight is 238 g/mol. The maximum atomic E-state index is 11.4. The number of aryl methyl sites for hydroxylation is 1. The molecule has 0 fully saturated rings. The number of benzene rings is 1. The molecule has 0 aromatic heterocycles. The number of carbonyl (C=O) groups excluding carboxylic acids is 2. The van der Waals surface area contributed by atoms with Gasteiger partial charge in [0, 0.05) is 5.69 Å². The number of primary amides is 1. The van der Waals surface area contributed by atoms with Crippen molar-refractivity contribution in [3.63, 3.8) is 0 Å². The molecule has 1 aromatic carbocycles. The van der Waals surface area contributed by atoms with Crippen molar-refractivity contribution in [2.75, 3.05) is 16.8 Å². The van der Waals surface area contributed by atoms with E-state index < -0.39 is 5.91 Å². The van der Waals surface area contributed by atoms with Gasteiger partial charge in [-0.2, -0.15) is 0 Å². The highest BCUT2D eigenvalue weighted by molar-refractivity contribution is 8.00. The lowest BCUT2D eigenvalue weighted by Crippen LogP contribution is -2.18. The monoisotopic (exact) mass is 238 g/mol. The van der Waals surface area contributed by atoms with Crippen LogP contribution in [0.25, 0.3) is 0 Å². The number of rotatable bonds is 5. The summed E-state index contributed by atoms with van der Waals surface area (Å²) in [6.07, 6.45) is 0. The van der Waals surface area contributed by atoms with Crippen LogP contribution in [0.15, 0.2) is 24.3 Å². The van der Waals surface area contributed by atoms with E-state index in [1.54, 1.807) is 0 Å². The Morgan fingerprint density at radius 3 is 2.75 bits per heavy atom. The Morgan fingerprint density at radius 2 is 2.12 bits per heavy atom. The standard InChI is InChI=1S/C11H14N2O2S/c1-8-3-2-4-9(5-8)13-11(15)7-16-6-10(12)14/h2-5H,6-7H2,1H3,(H2,12,14)(H,13,15). The maximum absolute atomic E-state index is 11.4. The number of nitrogens with two attached hydrogens (primary N) is 1. The van der Waals surface area contributed by atoms with Crippen LogP contribution in [0.2, 0.25) is 0 Å². The second-order valence-electron chi connectivity index (χ2n) is 3.38. The summed E-state index contributed by atoms with van der Waals surface area (Å²) in [5, 5.41) is 2.74. The molecule has 0 aliphatic carbocycles. The summed E-state index contributed by atoms with van der Waals surface area (Å²) in [6, 6.07) is 7.54. The zero-order valence-corrected chi connectivity index (χ0v) is 9.84. The smallest absolute Gasteiger partial charge is 0.234 e. The summed E-state index contributed by atoms with van der Waals surface area (Å²) < 4.78 is 0. The van der Waals surface area contributed by atoms with Crippen LogP contribution in [0, 0.1) is 6.92 Å². The minimum atomic E-state index is -0.409. The molecule has 0 aliphatic rings. The fraction of sp³-hybridized carbons (Fsp3) is 0.273. The molecule has 0 saturated heterocycles. The topological polar surface area (TPSA) is 72.2 Å². The number of hydrogen-bond acceptors (Lipinski definition) is 3. The van der Waals surface area contributed by atoms with Crippen molar-refractivity contribution in [1.82, 2.24) is 0 Å². The molecule has 0 radical (unpaired) electrons. The van der Waals surface area contributed by atoms with Crippen LogP contribution in [0.5, 0.6) is 0 Å². The van der Waals surface area contributed by atoms with Crippen molar-refractivity contribution in [3.05, 3.63) is 29.8 Å². The fourth-order valence-electron chi connectivity index (χ4n) is 1.16. The Morgan fingerprint density at radius 1 is 1.38 bits per heavy atom. The van der Waals surface area contributed by atoms with Gasteiger partial charge in [-0.05, 0) is 24.6 Å². The lowest BCUT2D eigenvalue weighted by Gasteiger charge is -2.05. The summed E-state index contributed by atoms with van der Waals surface area (Å²) in [5.74, 6) is -0.136. The van der Waals surface area contributed by atoms with Crippen molar-refractivity contribution < 1.29 is 9.59 Å². The van der Waals surface area contributed by atoms with Crippen LogP contribution in [-0.2, 0) is 9.59 Å². The van der Waals surface area contributed by atoms with E-state index in [9.17, 15) is 9.59 Å². The molecule has 0 spiro atoms. The lowest BCUT2D eigenvalue weighted by molar-refractivity contribution is -0.115. The van der Waals surface area contributed by atoms with Crippen molar-refractivity contribution >= 4 is 29.3 Å². The second kappa shape index (κ2) is 6.17. The lowest BCUT2D eigenvalue weighted by atomic mass is 10.2. The predicted octanol–water partition coefficient (Wildman–Crippen LogP) is 1.15. The van der Waals surface area contributed by atoms with Gasteiger partial charge >= 0.3 is 0 Å². The largest absolute Gasteiger partial charge is 0.369 e. The Kier molecular flexibility index (Phi) is 4.85. The summed E-state index contributed by atoms with van der Waals surface area (Å²) in [5.41, 5.74) is 6.81. The third kappa shape index (κ3) is 4.84. The molecule has 0 aliphatic heterocycles. The summed E-state index contributed by atoms with van der Waals surface area (Å²) in [4.78, 5) is 21.9.